The van der Waals surface area contributed by atoms with Crippen LogP contribution < -0.4 is 10.5 Å². The Kier molecular flexibility index (Phi) is 4.01. The van der Waals surface area contributed by atoms with E-state index in [4.69, 9.17) is 10.5 Å². The zero-order valence-corrected chi connectivity index (χ0v) is 10.4. The lowest BCUT2D eigenvalue weighted by atomic mass is 10.3. The summed E-state index contributed by atoms with van der Waals surface area (Å²) in [6.45, 7) is 0.506. The monoisotopic (exact) mass is 246 g/mol. The van der Waals surface area contributed by atoms with E-state index in [9.17, 15) is 0 Å². The van der Waals surface area contributed by atoms with Gasteiger partial charge >= 0.3 is 0 Å². The van der Waals surface area contributed by atoms with E-state index in [1.807, 2.05) is 36.4 Å². The molecule has 2 N–H and O–H groups in total. The van der Waals surface area contributed by atoms with Crippen LogP contribution in [-0.2, 0) is 6.54 Å². The third-order valence-corrected chi connectivity index (χ3v) is 3.41. The smallest absolute Gasteiger partial charge is 0.118 e. The van der Waals surface area contributed by atoms with Crippen LogP contribution in [0.3, 0.4) is 0 Å². The highest BCUT2D eigenvalue weighted by Crippen LogP contribution is 2.29. The van der Waals surface area contributed by atoms with Crippen LogP contribution in [0.1, 0.15) is 5.56 Å². The van der Waals surface area contributed by atoms with Gasteiger partial charge in [-0.1, -0.05) is 17.8 Å². The molecule has 0 bridgehead atoms. The summed E-state index contributed by atoms with van der Waals surface area (Å²) >= 11 is 1.61. The van der Waals surface area contributed by atoms with Gasteiger partial charge in [0.25, 0.3) is 0 Å². The molecular weight excluding hydrogens is 232 g/mol. The highest BCUT2D eigenvalue weighted by atomic mass is 32.2. The van der Waals surface area contributed by atoms with Crippen LogP contribution in [0.5, 0.6) is 5.75 Å². The average molecular weight is 246 g/mol. The van der Waals surface area contributed by atoms with Gasteiger partial charge in [0.1, 0.15) is 10.8 Å². The number of methoxy groups -OCH3 is 1. The Morgan fingerprint density at radius 1 is 1.24 bits per heavy atom. The Morgan fingerprint density at radius 3 is 2.65 bits per heavy atom. The van der Waals surface area contributed by atoms with E-state index in [1.165, 1.54) is 0 Å². The van der Waals surface area contributed by atoms with Gasteiger partial charge in [-0.05, 0) is 35.9 Å². The first-order valence-electron chi connectivity index (χ1n) is 5.29. The number of rotatable bonds is 4. The molecule has 0 aliphatic carbocycles. The van der Waals surface area contributed by atoms with Crippen molar-refractivity contribution in [3.63, 3.8) is 0 Å². The van der Waals surface area contributed by atoms with Gasteiger partial charge in [0.2, 0.25) is 0 Å². The second-order valence-electron chi connectivity index (χ2n) is 3.45. The maximum absolute atomic E-state index is 5.68. The largest absolute Gasteiger partial charge is 0.497 e. The lowest BCUT2D eigenvalue weighted by molar-refractivity contribution is 0.414. The van der Waals surface area contributed by atoms with Crippen LogP contribution in [0.15, 0.2) is 52.5 Å². The van der Waals surface area contributed by atoms with Gasteiger partial charge in [-0.3, -0.25) is 0 Å². The van der Waals surface area contributed by atoms with Crippen molar-refractivity contribution in [3.05, 3.63) is 48.2 Å². The van der Waals surface area contributed by atoms with Gasteiger partial charge in [0, 0.05) is 17.6 Å². The van der Waals surface area contributed by atoms with E-state index < -0.39 is 0 Å². The molecule has 0 amide bonds. The standard InChI is InChI=1S/C13H14N2OS/c1-16-11-4-6-12(7-5-11)17-13-10(9-14)3-2-8-15-13/h2-8H,9,14H2,1H3. The van der Waals surface area contributed by atoms with Crippen LogP contribution in [0, 0.1) is 0 Å². The summed E-state index contributed by atoms with van der Waals surface area (Å²) < 4.78 is 5.12. The van der Waals surface area contributed by atoms with Crippen molar-refractivity contribution in [1.29, 1.82) is 0 Å². The Bertz CT molecular complexity index is 485. The fourth-order valence-corrected chi connectivity index (χ4v) is 2.32. The minimum absolute atomic E-state index is 0.506. The van der Waals surface area contributed by atoms with Crippen molar-refractivity contribution in [1.82, 2.24) is 4.98 Å². The fourth-order valence-electron chi connectivity index (χ4n) is 1.43. The van der Waals surface area contributed by atoms with Crippen molar-refractivity contribution in [3.8, 4) is 5.75 Å². The molecule has 2 rings (SSSR count). The number of hydrogen-bond acceptors (Lipinski definition) is 4. The van der Waals surface area contributed by atoms with E-state index in [-0.39, 0.29) is 0 Å². The van der Waals surface area contributed by atoms with Crippen LogP contribution in [0.25, 0.3) is 0 Å². The van der Waals surface area contributed by atoms with Crippen molar-refractivity contribution in [2.45, 2.75) is 16.5 Å². The molecule has 0 radical (unpaired) electrons. The molecule has 0 atom stereocenters. The van der Waals surface area contributed by atoms with E-state index in [2.05, 4.69) is 4.98 Å². The zero-order chi connectivity index (χ0) is 12.1. The summed E-state index contributed by atoms with van der Waals surface area (Å²) in [5, 5.41) is 0.958. The quantitative estimate of drug-likeness (QED) is 0.901. The van der Waals surface area contributed by atoms with E-state index in [0.29, 0.717) is 6.54 Å². The molecule has 1 aromatic carbocycles. The van der Waals surface area contributed by atoms with Gasteiger partial charge in [-0.25, -0.2) is 4.98 Å². The summed E-state index contributed by atoms with van der Waals surface area (Å²) in [6.07, 6.45) is 1.78. The first kappa shape index (κ1) is 12.0. The Labute approximate surface area is 105 Å². The summed E-state index contributed by atoms with van der Waals surface area (Å²) in [7, 11) is 1.66. The highest BCUT2D eigenvalue weighted by Gasteiger charge is 2.04. The first-order valence-corrected chi connectivity index (χ1v) is 6.11. The van der Waals surface area contributed by atoms with E-state index in [0.717, 1.165) is 21.2 Å². The summed E-state index contributed by atoms with van der Waals surface area (Å²) in [4.78, 5) is 5.46. The van der Waals surface area contributed by atoms with Crippen LogP contribution in [-0.4, -0.2) is 12.1 Å². The number of pyridine rings is 1. The summed E-state index contributed by atoms with van der Waals surface area (Å²) in [6, 6.07) is 11.8. The van der Waals surface area contributed by atoms with Crippen LogP contribution >= 0.6 is 11.8 Å². The SMILES string of the molecule is COc1ccc(Sc2ncccc2CN)cc1. The molecule has 3 nitrogen and oxygen atoms in total. The Hall–Kier alpha value is -1.52. The van der Waals surface area contributed by atoms with Crippen LogP contribution in [0.2, 0.25) is 0 Å². The van der Waals surface area contributed by atoms with Gasteiger partial charge in [-0.2, -0.15) is 0 Å². The van der Waals surface area contributed by atoms with Gasteiger partial charge in [-0.15, -0.1) is 0 Å². The van der Waals surface area contributed by atoms with E-state index >= 15 is 0 Å². The molecule has 0 fully saturated rings. The number of nitrogens with two attached hydrogens (primary N) is 1. The molecule has 0 aliphatic rings. The topological polar surface area (TPSA) is 48.1 Å². The van der Waals surface area contributed by atoms with Gasteiger partial charge in [0.05, 0.1) is 7.11 Å². The molecule has 0 unspecified atom stereocenters. The van der Waals surface area contributed by atoms with Crippen molar-refractivity contribution >= 4 is 11.8 Å². The lowest BCUT2D eigenvalue weighted by Crippen LogP contribution is -1.99. The second kappa shape index (κ2) is 5.70. The summed E-state index contributed by atoms with van der Waals surface area (Å²) in [5.41, 5.74) is 6.74. The molecule has 0 saturated carbocycles. The molecule has 1 aromatic heterocycles. The minimum Gasteiger partial charge on any atom is -0.497 e. The maximum atomic E-state index is 5.68. The average Bonchev–Trinajstić information content (AvgIpc) is 2.40. The molecule has 0 aliphatic heterocycles. The second-order valence-corrected chi connectivity index (χ2v) is 4.51. The maximum Gasteiger partial charge on any atom is 0.118 e. The fraction of sp³-hybridized carbons (Fsp3) is 0.154. The highest BCUT2D eigenvalue weighted by molar-refractivity contribution is 7.99. The first-order chi connectivity index (χ1) is 8.33. The zero-order valence-electron chi connectivity index (χ0n) is 9.59. The van der Waals surface area contributed by atoms with Crippen molar-refractivity contribution in [2.75, 3.05) is 7.11 Å². The van der Waals surface area contributed by atoms with Crippen molar-refractivity contribution in [2.24, 2.45) is 5.73 Å². The number of ether oxygens (including phenoxy) is 1. The molecule has 0 saturated heterocycles. The molecule has 0 spiro atoms. The molecule has 17 heavy (non-hydrogen) atoms. The minimum atomic E-state index is 0.506. The Morgan fingerprint density at radius 2 is 2.00 bits per heavy atom. The lowest BCUT2D eigenvalue weighted by Gasteiger charge is -2.06. The predicted octanol–water partition coefficient (Wildman–Crippen LogP) is 2.70. The molecule has 4 heteroatoms. The number of nitrogens with zero attached hydrogens (tertiary/aromatic N) is 1. The number of hydrogen-bond donors (Lipinski definition) is 1. The predicted molar refractivity (Wildman–Crippen MR) is 69.2 cm³/mol. The Balaban J connectivity index is 2.19. The molecule has 88 valence electrons. The molecule has 2 aromatic rings. The third-order valence-electron chi connectivity index (χ3n) is 2.34. The third kappa shape index (κ3) is 2.99. The summed E-state index contributed by atoms with van der Waals surface area (Å²) in [5.74, 6) is 0.856. The van der Waals surface area contributed by atoms with Crippen LogP contribution in [0.4, 0.5) is 0 Å². The van der Waals surface area contributed by atoms with E-state index in [1.54, 1.807) is 25.1 Å². The normalized spacial score (nSPS) is 10.2. The molecule has 1 heterocycles. The molecular formula is C13H14N2OS. The number of benzene rings is 1. The van der Waals surface area contributed by atoms with Gasteiger partial charge in [0.15, 0.2) is 0 Å². The van der Waals surface area contributed by atoms with Gasteiger partial charge < -0.3 is 10.5 Å². The number of aromatic nitrogens is 1. The van der Waals surface area contributed by atoms with Crippen molar-refractivity contribution < 1.29 is 4.74 Å².